The molecule has 1 aliphatic rings. The number of oxazole rings is 1. The summed E-state index contributed by atoms with van der Waals surface area (Å²) in [6.07, 6.45) is 3.74. The number of benzene rings is 1. The summed E-state index contributed by atoms with van der Waals surface area (Å²) in [4.78, 5) is 4.52. The van der Waals surface area contributed by atoms with Gasteiger partial charge in [0, 0.05) is 11.3 Å². The van der Waals surface area contributed by atoms with E-state index >= 15 is 0 Å². The third-order valence-corrected chi connectivity index (χ3v) is 4.56. The Balaban J connectivity index is 1.66. The molecule has 1 aromatic carbocycles. The van der Waals surface area contributed by atoms with Gasteiger partial charge in [0.1, 0.15) is 5.52 Å². The molecule has 1 aromatic heterocycles. The van der Waals surface area contributed by atoms with Gasteiger partial charge in [-0.2, -0.15) is 0 Å². The topological polar surface area (TPSA) is 38.1 Å². The first-order valence-electron chi connectivity index (χ1n) is 6.60. The van der Waals surface area contributed by atoms with Gasteiger partial charge in [0.2, 0.25) is 0 Å². The zero-order valence-corrected chi connectivity index (χ0v) is 11.4. The van der Waals surface area contributed by atoms with E-state index < -0.39 is 0 Å². The van der Waals surface area contributed by atoms with Crippen LogP contribution in [-0.2, 0) is 0 Å². The van der Waals surface area contributed by atoms with Crippen molar-refractivity contribution in [2.45, 2.75) is 42.7 Å². The van der Waals surface area contributed by atoms with Crippen molar-refractivity contribution in [2.24, 2.45) is 0 Å². The highest BCUT2D eigenvalue weighted by Crippen LogP contribution is 2.35. The molecule has 0 amide bonds. The first-order chi connectivity index (χ1) is 8.85. The summed E-state index contributed by atoms with van der Waals surface area (Å²) in [5, 5.41) is 4.98. The molecular formula is C14H18N2OS. The van der Waals surface area contributed by atoms with E-state index in [0.717, 1.165) is 22.9 Å². The summed E-state index contributed by atoms with van der Waals surface area (Å²) in [6, 6.07) is 8.63. The molecule has 0 saturated heterocycles. The van der Waals surface area contributed by atoms with Crippen LogP contribution in [0.15, 0.2) is 33.9 Å². The fourth-order valence-corrected chi connectivity index (χ4v) is 3.72. The highest BCUT2D eigenvalue weighted by Gasteiger charge is 2.26. The lowest BCUT2D eigenvalue weighted by Crippen LogP contribution is -2.26. The number of thioether (sulfide) groups is 1. The van der Waals surface area contributed by atoms with E-state index in [-0.39, 0.29) is 0 Å². The Morgan fingerprint density at radius 3 is 3.11 bits per heavy atom. The molecule has 0 bridgehead atoms. The summed E-state index contributed by atoms with van der Waals surface area (Å²) in [5.74, 6) is 0. The van der Waals surface area contributed by atoms with Gasteiger partial charge in [0.15, 0.2) is 5.58 Å². The number of hydrogen-bond donors (Lipinski definition) is 1. The van der Waals surface area contributed by atoms with E-state index in [2.05, 4.69) is 17.2 Å². The van der Waals surface area contributed by atoms with Gasteiger partial charge in [-0.05, 0) is 37.9 Å². The van der Waals surface area contributed by atoms with Crippen molar-refractivity contribution in [3.63, 3.8) is 0 Å². The lowest BCUT2D eigenvalue weighted by molar-refractivity contribution is 0.487. The zero-order chi connectivity index (χ0) is 12.4. The molecule has 3 nitrogen and oxygen atoms in total. The number of fused-ring (bicyclic) bond motifs is 1. The summed E-state index contributed by atoms with van der Waals surface area (Å²) in [5.41, 5.74) is 1.85. The van der Waals surface area contributed by atoms with Crippen LogP contribution in [0.4, 0.5) is 0 Å². The van der Waals surface area contributed by atoms with Crippen LogP contribution in [0.2, 0.25) is 0 Å². The molecule has 1 saturated carbocycles. The molecule has 1 heterocycles. The van der Waals surface area contributed by atoms with Gasteiger partial charge in [-0.3, -0.25) is 0 Å². The van der Waals surface area contributed by atoms with E-state index in [0.29, 0.717) is 11.3 Å². The lowest BCUT2D eigenvalue weighted by atomic mass is 10.2. The van der Waals surface area contributed by atoms with Crippen molar-refractivity contribution in [3.8, 4) is 0 Å². The molecule has 1 N–H and O–H groups in total. The maximum Gasteiger partial charge on any atom is 0.257 e. The summed E-state index contributed by atoms with van der Waals surface area (Å²) >= 11 is 1.79. The molecule has 0 radical (unpaired) electrons. The molecule has 4 heteroatoms. The van der Waals surface area contributed by atoms with Crippen LogP contribution in [0, 0.1) is 0 Å². The van der Waals surface area contributed by atoms with Crippen LogP contribution in [0.5, 0.6) is 0 Å². The molecule has 1 fully saturated rings. The van der Waals surface area contributed by atoms with Crippen LogP contribution in [0.3, 0.4) is 0 Å². The molecule has 0 spiro atoms. The monoisotopic (exact) mass is 262 g/mol. The molecule has 2 aromatic rings. The second-order valence-electron chi connectivity index (χ2n) is 4.76. The van der Waals surface area contributed by atoms with Crippen molar-refractivity contribution < 1.29 is 4.42 Å². The van der Waals surface area contributed by atoms with Crippen LogP contribution >= 0.6 is 11.8 Å². The Labute approximate surface area is 111 Å². The summed E-state index contributed by atoms with van der Waals surface area (Å²) in [6.45, 7) is 3.23. The summed E-state index contributed by atoms with van der Waals surface area (Å²) in [7, 11) is 0. The predicted molar refractivity (Wildman–Crippen MR) is 75.0 cm³/mol. The molecule has 18 heavy (non-hydrogen) atoms. The molecule has 96 valence electrons. The Morgan fingerprint density at radius 1 is 1.39 bits per heavy atom. The van der Waals surface area contributed by atoms with Crippen LogP contribution in [-0.4, -0.2) is 22.8 Å². The fraction of sp³-hybridized carbons (Fsp3) is 0.500. The van der Waals surface area contributed by atoms with Gasteiger partial charge >= 0.3 is 0 Å². The van der Waals surface area contributed by atoms with Crippen LogP contribution in [0.1, 0.15) is 26.2 Å². The lowest BCUT2D eigenvalue weighted by Gasteiger charge is -2.09. The van der Waals surface area contributed by atoms with Gasteiger partial charge in [-0.25, -0.2) is 4.98 Å². The Morgan fingerprint density at radius 2 is 2.28 bits per heavy atom. The number of hydrogen-bond acceptors (Lipinski definition) is 4. The summed E-state index contributed by atoms with van der Waals surface area (Å²) < 4.78 is 5.76. The van der Waals surface area contributed by atoms with Crippen molar-refractivity contribution in [1.82, 2.24) is 10.3 Å². The highest BCUT2D eigenvalue weighted by atomic mass is 32.2. The Kier molecular flexibility index (Phi) is 3.57. The van der Waals surface area contributed by atoms with Crippen molar-refractivity contribution in [3.05, 3.63) is 24.3 Å². The standard InChI is InChI=1S/C14H18N2OS/c1-2-15-10-7-8-11(9-10)18-14-16-12-5-3-4-6-13(12)17-14/h3-6,10-11,15H,2,7-9H2,1H3. The molecule has 2 atom stereocenters. The van der Waals surface area contributed by atoms with E-state index in [1.54, 1.807) is 11.8 Å². The van der Waals surface area contributed by atoms with Gasteiger partial charge in [-0.15, -0.1) is 0 Å². The number of nitrogens with zero attached hydrogens (tertiary/aromatic N) is 1. The van der Waals surface area contributed by atoms with Gasteiger partial charge in [0.25, 0.3) is 5.22 Å². The number of para-hydroxylation sites is 2. The number of rotatable bonds is 4. The van der Waals surface area contributed by atoms with E-state index in [1.807, 2.05) is 24.3 Å². The molecule has 3 rings (SSSR count). The third kappa shape index (κ3) is 2.54. The second kappa shape index (κ2) is 5.33. The van der Waals surface area contributed by atoms with Crippen molar-refractivity contribution in [1.29, 1.82) is 0 Å². The molecular weight excluding hydrogens is 244 g/mol. The second-order valence-corrected chi connectivity index (χ2v) is 6.01. The predicted octanol–water partition coefficient (Wildman–Crippen LogP) is 3.45. The first-order valence-corrected chi connectivity index (χ1v) is 7.48. The van der Waals surface area contributed by atoms with Gasteiger partial charge in [0.05, 0.1) is 0 Å². The van der Waals surface area contributed by atoms with Crippen LogP contribution < -0.4 is 5.32 Å². The van der Waals surface area contributed by atoms with Crippen molar-refractivity contribution in [2.75, 3.05) is 6.54 Å². The smallest absolute Gasteiger partial charge is 0.257 e. The maximum atomic E-state index is 5.76. The molecule has 0 aliphatic heterocycles. The quantitative estimate of drug-likeness (QED) is 0.916. The number of aromatic nitrogens is 1. The zero-order valence-electron chi connectivity index (χ0n) is 10.6. The van der Waals surface area contributed by atoms with E-state index in [9.17, 15) is 0 Å². The Bertz CT molecular complexity index is 492. The minimum absolute atomic E-state index is 0.641. The average molecular weight is 262 g/mol. The van der Waals surface area contributed by atoms with Crippen molar-refractivity contribution >= 4 is 22.9 Å². The van der Waals surface area contributed by atoms with Gasteiger partial charge in [-0.1, -0.05) is 30.8 Å². The third-order valence-electron chi connectivity index (χ3n) is 3.42. The largest absolute Gasteiger partial charge is 0.431 e. The minimum atomic E-state index is 0.641. The van der Waals surface area contributed by atoms with Crippen LogP contribution in [0.25, 0.3) is 11.1 Å². The Hall–Kier alpha value is -1.00. The highest BCUT2D eigenvalue weighted by molar-refractivity contribution is 7.99. The molecule has 2 unspecified atom stereocenters. The van der Waals surface area contributed by atoms with E-state index in [4.69, 9.17) is 4.42 Å². The minimum Gasteiger partial charge on any atom is -0.431 e. The normalized spacial score (nSPS) is 23.8. The molecule has 1 aliphatic carbocycles. The average Bonchev–Trinajstić information content (AvgIpc) is 2.96. The first kappa shape index (κ1) is 12.1. The maximum absolute atomic E-state index is 5.76. The fourth-order valence-electron chi connectivity index (χ4n) is 2.57. The number of nitrogens with one attached hydrogen (secondary N) is 1. The van der Waals surface area contributed by atoms with E-state index in [1.165, 1.54) is 19.3 Å². The van der Waals surface area contributed by atoms with Gasteiger partial charge < -0.3 is 9.73 Å². The SMILES string of the molecule is CCNC1CCC(Sc2nc3ccccc3o2)C1.